The highest BCUT2D eigenvalue weighted by atomic mass is 32.1. The third-order valence-electron chi connectivity index (χ3n) is 5.33. The van der Waals surface area contributed by atoms with Crippen molar-refractivity contribution in [3.05, 3.63) is 40.6 Å². The molecule has 1 amide bonds. The molecular weight excluding hydrogens is 322 g/mol. The highest BCUT2D eigenvalue weighted by molar-refractivity contribution is 7.09. The number of pyridine rings is 1. The lowest BCUT2D eigenvalue weighted by Gasteiger charge is -2.28. The van der Waals surface area contributed by atoms with Gasteiger partial charge in [-0.3, -0.25) is 9.78 Å². The number of likely N-dealkylation sites (tertiary alicyclic amines) is 1. The van der Waals surface area contributed by atoms with Crippen LogP contribution in [0.4, 0.5) is 0 Å². The van der Waals surface area contributed by atoms with E-state index < -0.39 is 0 Å². The van der Waals surface area contributed by atoms with E-state index in [2.05, 4.69) is 9.97 Å². The Balaban J connectivity index is 1.47. The number of aromatic nitrogens is 2. The Morgan fingerprint density at radius 2 is 2.46 bits per heavy atom. The maximum absolute atomic E-state index is 12.7. The lowest BCUT2D eigenvalue weighted by Crippen LogP contribution is -2.35. The van der Waals surface area contributed by atoms with E-state index in [4.69, 9.17) is 4.74 Å². The van der Waals surface area contributed by atoms with Crippen molar-refractivity contribution >= 4 is 17.2 Å². The molecule has 1 saturated carbocycles. The summed E-state index contributed by atoms with van der Waals surface area (Å²) in [5.74, 6) is 1.39. The Labute approximate surface area is 145 Å². The van der Waals surface area contributed by atoms with E-state index in [1.54, 1.807) is 12.4 Å². The molecule has 126 valence electrons. The van der Waals surface area contributed by atoms with E-state index in [9.17, 15) is 4.79 Å². The molecule has 0 radical (unpaired) electrons. The summed E-state index contributed by atoms with van der Waals surface area (Å²) in [4.78, 5) is 23.2. The molecule has 0 spiro atoms. The van der Waals surface area contributed by atoms with Crippen molar-refractivity contribution < 1.29 is 9.53 Å². The van der Waals surface area contributed by atoms with Gasteiger partial charge in [0.2, 0.25) is 0 Å². The predicted octanol–water partition coefficient (Wildman–Crippen LogP) is 3.17. The molecule has 0 unspecified atom stereocenters. The molecule has 3 heterocycles. The summed E-state index contributed by atoms with van der Waals surface area (Å²) in [6.45, 7) is 4.19. The number of fused-ring (bicyclic) bond motifs is 1. The van der Waals surface area contributed by atoms with Crippen LogP contribution < -0.4 is 4.74 Å². The van der Waals surface area contributed by atoms with Crippen molar-refractivity contribution in [2.45, 2.75) is 26.2 Å². The SMILES string of the molecule is Cc1nc(C(=O)N2C[C@@H]3CCC[C@]3(COc3cccnc3)C2)cs1. The molecule has 1 aliphatic carbocycles. The van der Waals surface area contributed by atoms with Gasteiger partial charge in [0, 0.05) is 30.1 Å². The normalized spacial score (nSPS) is 25.7. The number of thiazole rings is 1. The van der Waals surface area contributed by atoms with E-state index in [0.29, 0.717) is 18.2 Å². The first-order chi connectivity index (χ1) is 11.7. The van der Waals surface area contributed by atoms with E-state index in [1.807, 2.05) is 29.3 Å². The number of hydrogen-bond donors (Lipinski definition) is 0. The monoisotopic (exact) mass is 343 g/mol. The maximum Gasteiger partial charge on any atom is 0.273 e. The molecule has 1 aliphatic heterocycles. The first-order valence-electron chi connectivity index (χ1n) is 8.40. The van der Waals surface area contributed by atoms with E-state index in [-0.39, 0.29) is 11.3 Å². The van der Waals surface area contributed by atoms with Gasteiger partial charge in [0.1, 0.15) is 11.4 Å². The fourth-order valence-electron chi connectivity index (χ4n) is 4.09. The number of hydrogen-bond acceptors (Lipinski definition) is 5. The largest absolute Gasteiger partial charge is 0.491 e. The quantitative estimate of drug-likeness (QED) is 0.856. The summed E-state index contributed by atoms with van der Waals surface area (Å²) in [5, 5.41) is 2.80. The Kier molecular flexibility index (Phi) is 4.00. The second-order valence-corrected chi connectivity index (χ2v) is 7.93. The predicted molar refractivity (Wildman–Crippen MR) is 92.3 cm³/mol. The van der Waals surface area contributed by atoms with Crippen molar-refractivity contribution in [1.82, 2.24) is 14.9 Å². The minimum atomic E-state index is 0.0644. The molecule has 24 heavy (non-hydrogen) atoms. The van der Waals surface area contributed by atoms with Crippen molar-refractivity contribution in [3.63, 3.8) is 0 Å². The molecule has 0 bridgehead atoms. The van der Waals surface area contributed by atoms with Gasteiger partial charge < -0.3 is 9.64 Å². The Morgan fingerprint density at radius 3 is 3.21 bits per heavy atom. The van der Waals surface area contributed by atoms with Gasteiger partial charge in [-0.15, -0.1) is 11.3 Å². The van der Waals surface area contributed by atoms with Gasteiger partial charge in [0.25, 0.3) is 5.91 Å². The summed E-state index contributed by atoms with van der Waals surface area (Å²) in [6.07, 6.45) is 7.01. The lowest BCUT2D eigenvalue weighted by molar-refractivity contribution is 0.0741. The third-order valence-corrected chi connectivity index (χ3v) is 6.10. The highest BCUT2D eigenvalue weighted by Crippen LogP contribution is 2.49. The van der Waals surface area contributed by atoms with E-state index in [1.165, 1.54) is 24.2 Å². The van der Waals surface area contributed by atoms with Crippen molar-refractivity contribution in [1.29, 1.82) is 0 Å². The van der Waals surface area contributed by atoms with Gasteiger partial charge in [0.05, 0.1) is 17.8 Å². The minimum Gasteiger partial charge on any atom is -0.491 e. The summed E-state index contributed by atoms with van der Waals surface area (Å²) >= 11 is 1.53. The molecule has 2 aromatic heterocycles. The van der Waals surface area contributed by atoms with Gasteiger partial charge in [-0.2, -0.15) is 0 Å². The average molecular weight is 343 g/mol. The third kappa shape index (κ3) is 2.79. The molecule has 2 fully saturated rings. The van der Waals surface area contributed by atoms with Crippen LogP contribution in [0.1, 0.15) is 34.8 Å². The number of nitrogens with zero attached hydrogens (tertiary/aromatic N) is 3. The van der Waals surface area contributed by atoms with Crippen molar-refractivity contribution in [3.8, 4) is 5.75 Å². The fraction of sp³-hybridized carbons (Fsp3) is 0.500. The second kappa shape index (κ2) is 6.16. The van der Waals surface area contributed by atoms with Gasteiger partial charge in [-0.05, 0) is 37.8 Å². The Morgan fingerprint density at radius 1 is 1.54 bits per heavy atom. The van der Waals surface area contributed by atoms with Gasteiger partial charge in [-0.1, -0.05) is 6.42 Å². The number of carbonyl (C=O) groups excluding carboxylic acids is 1. The zero-order valence-electron chi connectivity index (χ0n) is 13.8. The lowest BCUT2D eigenvalue weighted by atomic mass is 9.81. The summed E-state index contributed by atoms with van der Waals surface area (Å²) < 4.78 is 6.02. The molecule has 4 rings (SSSR count). The van der Waals surface area contributed by atoms with E-state index in [0.717, 1.165) is 30.3 Å². The topological polar surface area (TPSA) is 55.3 Å². The van der Waals surface area contributed by atoms with Crippen LogP contribution in [-0.4, -0.2) is 40.5 Å². The summed E-state index contributed by atoms with van der Waals surface area (Å²) in [6, 6.07) is 3.82. The van der Waals surface area contributed by atoms with Gasteiger partial charge in [-0.25, -0.2) is 4.98 Å². The smallest absolute Gasteiger partial charge is 0.273 e. The number of aryl methyl sites for hydroxylation is 1. The number of carbonyl (C=O) groups is 1. The molecule has 0 N–H and O–H groups in total. The van der Waals surface area contributed by atoms with Crippen molar-refractivity contribution in [2.24, 2.45) is 11.3 Å². The van der Waals surface area contributed by atoms with Crippen LogP contribution in [0, 0.1) is 18.3 Å². The van der Waals surface area contributed by atoms with Crippen LogP contribution in [-0.2, 0) is 0 Å². The zero-order chi connectivity index (χ0) is 16.6. The van der Waals surface area contributed by atoms with Crippen LogP contribution in [0.5, 0.6) is 5.75 Å². The van der Waals surface area contributed by atoms with E-state index >= 15 is 0 Å². The second-order valence-electron chi connectivity index (χ2n) is 6.87. The molecule has 2 atom stereocenters. The van der Waals surface area contributed by atoms with Crippen LogP contribution in [0.2, 0.25) is 0 Å². The fourth-order valence-corrected chi connectivity index (χ4v) is 4.67. The van der Waals surface area contributed by atoms with Crippen LogP contribution in [0.3, 0.4) is 0 Å². The summed E-state index contributed by atoms with van der Waals surface area (Å²) in [7, 11) is 0. The molecule has 6 heteroatoms. The number of amides is 1. The van der Waals surface area contributed by atoms with Gasteiger partial charge >= 0.3 is 0 Å². The zero-order valence-corrected chi connectivity index (χ0v) is 14.6. The first-order valence-corrected chi connectivity index (χ1v) is 9.28. The molecular formula is C18H21N3O2S. The molecule has 2 aromatic rings. The number of rotatable bonds is 4. The molecule has 0 aromatic carbocycles. The summed E-state index contributed by atoms with van der Waals surface area (Å²) in [5.41, 5.74) is 0.664. The average Bonchev–Trinajstić information content (AvgIpc) is 3.27. The van der Waals surface area contributed by atoms with Crippen LogP contribution in [0.15, 0.2) is 29.9 Å². The Hall–Kier alpha value is -1.95. The van der Waals surface area contributed by atoms with Crippen LogP contribution >= 0.6 is 11.3 Å². The minimum absolute atomic E-state index is 0.0644. The van der Waals surface area contributed by atoms with Gasteiger partial charge in [0.15, 0.2) is 0 Å². The van der Waals surface area contributed by atoms with Crippen molar-refractivity contribution in [2.75, 3.05) is 19.7 Å². The highest BCUT2D eigenvalue weighted by Gasteiger charge is 2.51. The number of ether oxygens (including phenoxy) is 1. The molecule has 5 nitrogen and oxygen atoms in total. The standard InChI is InChI=1S/C18H21N3O2S/c1-13-20-16(10-24-13)17(22)21-9-14-4-2-6-18(14,11-21)12-23-15-5-3-7-19-8-15/h3,5,7-8,10,14H,2,4,6,9,11-12H2,1H3/t14-,18+/m0/s1. The maximum atomic E-state index is 12.7. The first kappa shape index (κ1) is 15.6. The van der Waals surface area contributed by atoms with Crippen LogP contribution in [0.25, 0.3) is 0 Å². The Bertz CT molecular complexity index is 733. The molecule has 1 saturated heterocycles. The molecule has 2 aliphatic rings.